The SMILES string of the molecule is CC(C)NCCC(=O)N1CCC(C)C(C)C1. The largest absolute Gasteiger partial charge is 0.342 e. The molecule has 1 heterocycles. The van der Waals surface area contributed by atoms with Gasteiger partial charge in [-0.25, -0.2) is 0 Å². The highest BCUT2D eigenvalue weighted by molar-refractivity contribution is 5.76. The van der Waals surface area contributed by atoms with Crippen LogP contribution in [0.3, 0.4) is 0 Å². The molecule has 0 radical (unpaired) electrons. The van der Waals surface area contributed by atoms with Gasteiger partial charge in [-0.2, -0.15) is 0 Å². The van der Waals surface area contributed by atoms with Crippen molar-refractivity contribution < 1.29 is 4.79 Å². The van der Waals surface area contributed by atoms with Gasteiger partial charge in [0.05, 0.1) is 0 Å². The number of nitrogens with zero attached hydrogens (tertiary/aromatic N) is 1. The van der Waals surface area contributed by atoms with Crippen LogP contribution < -0.4 is 5.32 Å². The molecule has 3 heteroatoms. The van der Waals surface area contributed by atoms with Crippen molar-refractivity contribution in [3.63, 3.8) is 0 Å². The topological polar surface area (TPSA) is 32.3 Å². The zero-order valence-electron chi connectivity index (χ0n) is 11.1. The van der Waals surface area contributed by atoms with Crippen molar-refractivity contribution in [1.82, 2.24) is 10.2 Å². The Labute approximate surface area is 99.6 Å². The predicted octanol–water partition coefficient (Wildman–Crippen LogP) is 1.88. The lowest BCUT2D eigenvalue weighted by Crippen LogP contribution is -2.43. The van der Waals surface area contributed by atoms with Crippen molar-refractivity contribution >= 4 is 5.91 Å². The maximum absolute atomic E-state index is 11.9. The Morgan fingerprint density at radius 3 is 2.62 bits per heavy atom. The van der Waals surface area contributed by atoms with E-state index in [4.69, 9.17) is 0 Å². The Morgan fingerprint density at radius 2 is 2.06 bits per heavy atom. The third kappa shape index (κ3) is 4.12. The molecule has 1 saturated heterocycles. The summed E-state index contributed by atoms with van der Waals surface area (Å²) < 4.78 is 0. The van der Waals surface area contributed by atoms with Gasteiger partial charge in [-0.05, 0) is 18.3 Å². The second-order valence-corrected chi connectivity index (χ2v) is 5.44. The van der Waals surface area contributed by atoms with Gasteiger partial charge in [-0.15, -0.1) is 0 Å². The van der Waals surface area contributed by atoms with Gasteiger partial charge >= 0.3 is 0 Å². The van der Waals surface area contributed by atoms with Crippen molar-refractivity contribution in [2.45, 2.75) is 46.6 Å². The summed E-state index contributed by atoms with van der Waals surface area (Å²) in [4.78, 5) is 14.0. The zero-order valence-corrected chi connectivity index (χ0v) is 11.1. The van der Waals surface area contributed by atoms with E-state index in [9.17, 15) is 4.79 Å². The van der Waals surface area contributed by atoms with Crippen LogP contribution in [0, 0.1) is 11.8 Å². The van der Waals surface area contributed by atoms with Crippen molar-refractivity contribution in [1.29, 1.82) is 0 Å². The van der Waals surface area contributed by atoms with Gasteiger partial charge < -0.3 is 10.2 Å². The summed E-state index contributed by atoms with van der Waals surface area (Å²) in [6.07, 6.45) is 1.80. The van der Waals surface area contributed by atoms with Crippen molar-refractivity contribution in [3.8, 4) is 0 Å². The Morgan fingerprint density at radius 1 is 1.38 bits per heavy atom. The van der Waals surface area contributed by atoms with Gasteiger partial charge in [-0.3, -0.25) is 4.79 Å². The zero-order chi connectivity index (χ0) is 12.1. The molecule has 94 valence electrons. The molecule has 0 aliphatic carbocycles. The maximum atomic E-state index is 11.9. The first-order valence-electron chi connectivity index (χ1n) is 6.52. The average Bonchev–Trinajstić information content (AvgIpc) is 2.21. The number of amides is 1. The van der Waals surface area contributed by atoms with Crippen LogP contribution in [0.4, 0.5) is 0 Å². The van der Waals surface area contributed by atoms with Crippen LogP contribution in [0.2, 0.25) is 0 Å². The molecular formula is C13H26N2O. The van der Waals surface area contributed by atoms with Gasteiger partial charge in [-0.1, -0.05) is 27.7 Å². The maximum Gasteiger partial charge on any atom is 0.223 e. The van der Waals surface area contributed by atoms with Crippen molar-refractivity contribution in [3.05, 3.63) is 0 Å². The molecule has 0 aromatic rings. The van der Waals surface area contributed by atoms with Crippen LogP contribution in [-0.4, -0.2) is 36.5 Å². The number of nitrogens with one attached hydrogen (secondary N) is 1. The number of carbonyl (C=O) groups is 1. The quantitative estimate of drug-likeness (QED) is 0.794. The highest BCUT2D eigenvalue weighted by Crippen LogP contribution is 2.22. The second-order valence-electron chi connectivity index (χ2n) is 5.44. The summed E-state index contributed by atoms with van der Waals surface area (Å²) in [7, 11) is 0. The molecule has 1 rings (SSSR count). The lowest BCUT2D eigenvalue weighted by Gasteiger charge is -2.35. The molecule has 1 amide bonds. The van der Waals surface area contributed by atoms with Crippen LogP contribution in [0.15, 0.2) is 0 Å². The number of rotatable bonds is 4. The highest BCUT2D eigenvalue weighted by atomic mass is 16.2. The first-order chi connectivity index (χ1) is 7.50. The highest BCUT2D eigenvalue weighted by Gasteiger charge is 2.25. The van der Waals surface area contributed by atoms with Crippen molar-refractivity contribution in [2.75, 3.05) is 19.6 Å². The Hall–Kier alpha value is -0.570. The van der Waals surface area contributed by atoms with E-state index in [2.05, 4.69) is 33.0 Å². The van der Waals surface area contributed by atoms with Gasteiger partial charge in [0.25, 0.3) is 0 Å². The molecule has 0 aromatic carbocycles. The smallest absolute Gasteiger partial charge is 0.223 e. The van der Waals surface area contributed by atoms with Crippen LogP contribution in [0.1, 0.15) is 40.5 Å². The minimum Gasteiger partial charge on any atom is -0.342 e. The molecule has 2 atom stereocenters. The molecule has 1 fully saturated rings. The Kier molecular flexibility index (Phi) is 5.26. The van der Waals surface area contributed by atoms with Crippen LogP contribution in [-0.2, 0) is 4.79 Å². The minimum absolute atomic E-state index is 0.312. The second kappa shape index (κ2) is 6.24. The third-order valence-electron chi connectivity index (χ3n) is 3.58. The summed E-state index contributed by atoms with van der Waals surface area (Å²) in [6.45, 7) is 11.4. The van der Waals surface area contributed by atoms with E-state index in [1.807, 2.05) is 4.90 Å². The molecule has 1 aliphatic heterocycles. The number of piperidine rings is 1. The number of hydrogen-bond donors (Lipinski definition) is 1. The minimum atomic E-state index is 0.312. The average molecular weight is 226 g/mol. The number of hydrogen-bond acceptors (Lipinski definition) is 2. The van der Waals surface area contributed by atoms with Crippen molar-refractivity contribution in [2.24, 2.45) is 11.8 Å². The van der Waals surface area contributed by atoms with E-state index in [0.29, 0.717) is 24.3 Å². The summed E-state index contributed by atoms with van der Waals surface area (Å²) in [5.74, 6) is 1.72. The molecule has 0 spiro atoms. The van der Waals surface area contributed by atoms with Crippen LogP contribution in [0.5, 0.6) is 0 Å². The number of carbonyl (C=O) groups excluding carboxylic acids is 1. The van der Waals surface area contributed by atoms with Crippen LogP contribution >= 0.6 is 0 Å². The first kappa shape index (κ1) is 13.5. The standard InChI is InChI=1S/C13H26N2O/c1-10(2)14-7-5-13(16)15-8-6-11(3)12(4)9-15/h10-12,14H,5-9H2,1-4H3. The van der Waals surface area contributed by atoms with Crippen LogP contribution in [0.25, 0.3) is 0 Å². The number of likely N-dealkylation sites (tertiary alicyclic amines) is 1. The molecule has 1 N–H and O–H groups in total. The van der Waals surface area contributed by atoms with Gasteiger partial charge in [0.1, 0.15) is 0 Å². The van der Waals surface area contributed by atoms with E-state index in [-0.39, 0.29) is 0 Å². The molecule has 0 aromatic heterocycles. The van der Waals surface area contributed by atoms with E-state index >= 15 is 0 Å². The molecule has 3 nitrogen and oxygen atoms in total. The normalized spacial score (nSPS) is 26.2. The first-order valence-corrected chi connectivity index (χ1v) is 6.52. The summed E-state index contributed by atoms with van der Waals surface area (Å²) in [5.41, 5.74) is 0. The molecule has 16 heavy (non-hydrogen) atoms. The third-order valence-corrected chi connectivity index (χ3v) is 3.58. The summed E-state index contributed by atoms with van der Waals surface area (Å²) in [6, 6.07) is 0.466. The Balaban J connectivity index is 2.26. The molecule has 0 saturated carbocycles. The van der Waals surface area contributed by atoms with E-state index in [1.54, 1.807) is 0 Å². The monoisotopic (exact) mass is 226 g/mol. The van der Waals surface area contributed by atoms with Gasteiger partial charge in [0, 0.05) is 32.1 Å². The van der Waals surface area contributed by atoms with Gasteiger partial charge in [0.15, 0.2) is 0 Å². The lowest BCUT2D eigenvalue weighted by atomic mass is 9.88. The van der Waals surface area contributed by atoms with Gasteiger partial charge in [0.2, 0.25) is 5.91 Å². The van der Waals surface area contributed by atoms with E-state index in [0.717, 1.165) is 32.0 Å². The molecule has 2 unspecified atom stereocenters. The summed E-state index contributed by atoms with van der Waals surface area (Å²) in [5, 5.41) is 3.29. The van der Waals surface area contributed by atoms with E-state index < -0.39 is 0 Å². The fraction of sp³-hybridized carbons (Fsp3) is 0.923. The fourth-order valence-electron chi connectivity index (χ4n) is 2.12. The lowest BCUT2D eigenvalue weighted by molar-refractivity contribution is -0.133. The molecular weight excluding hydrogens is 200 g/mol. The Bertz CT molecular complexity index is 228. The molecule has 1 aliphatic rings. The fourth-order valence-corrected chi connectivity index (χ4v) is 2.12. The predicted molar refractivity (Wildman–Crippen MR) is 67.3 cm³/mol. The molecule has 0 bridgehead atoms. The summed E-state index contributed by atoms with van der Waals surface area (Å²) >= 11 is 0. The van der Waals surface area contributed by atoms with E-state index in [1.165, 1.54) is 0 Å².